The molecule has 0 bridgehead atoms. The smallest absolute Gasteiger partial charge is 0.374 e. The standard InChI is InChI=1S/C15H17BN3O/c1-12-6-3-4-7-13(12)19-15-14(8-5-9-17(15)2)18-10-11-20-16(18)19/h3-9H,10-11H2,1-2H3/q+1. The summed E-state index contributed by atoms with van der Waals surface area (Å²) in [5.74, 6) is 1.20. The molecule has 0 radical (unpaired) electrons. The molecule has 0 N–H and O–H groups in total. The van der Waals surface area contributed by atoms with Crippen LogP contribution in [0.25, 0.3) is 0 Å². The molecule has 1 saturated heterocycles. The maximum absolute atomic E-state index is 5.97. The van der Waals surface area contributed by atoms with Crippen LogP contribution < -0.4 is 14.2 Å². The molecule has 1 aromatic heterocycles. The molecule has 2 aliphatic heterocycles. The molecule has 0 aliphatic carbocycles. The Kier molecular flexibility index (Phi) is 2.50. The van der Waals surface area contributed by atoms with Gasteiger partial charge in [0.1, 0.15) is 11.4 Å². The minimum absolute atomic E-state index is 0.0142. The van der Waals surface area contributed by atoms with Gasteiger partial charge in [0.2, 0.25) is 0 Å². The highest BCUT2D eigenvalue weighted by atomic mass is 16.5. The van der Waals surface area contributed by atoms with E-state index < -0.39 is 0 Å². The van der Waals surface area contributed by atoms with Gasteiger partial charge in [0.15, 0.2) is 0 Å². The molecule has 2 aromatic rings. The fourth-order valence-electron chi connectivity index (χ4n) is 3.19. The summed E-state index contributed by atoms with van der Waals surface area (Å²) in [6, 6.07) is 12.7. The molecule has 4 rings (SSSR count). The number of pyridine rings is 1. The Bertz CT molecular complexity index is 676. The minimum atomic E-state index is -0.0142. The predicted octanol–water partition coefficient (Wildman–Crippen LogP) is 1.79. The van der Waals surface area contributed by atoms with Crippen molar-refractivity contribution in [2.75, 3.05) is 22.8 Å². The van der Waals surface area contributed by atoms with E-state index in [2.05, 4.69) is 70.8 Å². The van der Waals surface area contributed by atoms with E-state index in [0.717, 1.165) is 13.2 Å². The van der Waals surface area contributed by atoms with E-state index in [4.69, 9.17) is 4.65 Å². The molecule has 4 nitrogen and oxygen atoms in total. The summed E-state index contributed by atoms with van der Waals surface area (Å²) in [5, 5.41) is 0. The molecule has 1 fully saturated rings. The normalized spacial score (nSPS) is 16.6. The lowest BCUT2D eigenvalue weighted by molar-refractivity contribution is -0.657. The van der Waals surface area contributed by atoms with E-state index in [-0.39, 0.29) is 7.19 Å². The molecule has 0 saturated carbocycles. The first-order valence-corrected chi connectivity index (χ1v) is 6.99. The van der Waals surface area contributed by atoms with Gasteiger partial charge in [0.25, 0.3) is 5.82 Å². The highest BCUT2D eigenvalue weighted by Crippen LogP contribution is 2.42. The monoisotopic (exact) mass is 266 g/mol. The lowest BCUT2D eigenvalue weighted by Gasteiger charge is -2.17. The summed E-state index contributed by atoms with van der Waals surface area (Å²) in [7, 11) is 2.08. The number of benzene rings is 1. The lowest BCUT2D eigenvalue weighted by atomic mass is 9.96. The van der Waals surface area contributed by atoms with E-state index in [1.165, 1.54) is 22.8 Å². The first kappa shape index (κ1) is 11.8. The maximum atomic E-state index is 5.97. The Hall–Kier alpha value is -2.01. The van der Waals surface area contributed by atoms with Gasteiger partial charge in [-0.1, -0.05) is 18.2 Å². The molecule has 0 spiro atoms. The van der Waals surface area contributed by atoms with E-state index in [9.17, 15) is 0 Å². The third-order valence-electron chi connectivity index (χ3n) is 4.13. The zero-order chi connectivity index (χ0) is 13.7. The van der Waals surface area contributed by atoms with E-state index in [0.29, 0.717) is 0 Å². The van der Waals surface area contributed by atoms with Crippen molar-refractivity contribution in [3.8, 4) is 0 Å². The van der Waals surface area contributed by atoms with Crippen LogP contribution in [-0.2, 0) is 11.7 Å². The van der Waals surface area contributed by atoms with Gasteiger partial charge in [-0.15, -0.1) is 0 Å². The van der Waals surface area contributed by atoms with Crippen LogP contribution >= 0.6 is 0 Å². The van der Waals surface area contributed by atoms with Crippen LogP contribution in [0.5, 0.6) is 0 Å². The number of hydrogen-bond donors (Lipinski definition) is 0. The highest BCUT2D eigenvalue weighted by molar-refractivity contribution is 6.66. The molecule has 100 valence electrons. The molecule has 0 atom stereocenters. The van der Waals surface area contributed by atoms with Crippen LogP contribution in [0.2, 0.25) is 0 Å². The SMILES string of the molecule is Cc1ccccc1N1B2OCCN2c2ccc[n+](C)c21. The van der Waals surface area contributed by atoms with E-state index in [1.54, 1.807) is 0 Å². The van der Waals surface area contributed by atoms with Crippen LogP contribution in [-0.4, -0.2) is 20.3 Å². The molecular formula is C15H17BN3O+. The Morgan fingerprint density at radius 1 is 1.15 bits per heavy atom. The number of rotatable bonds is 1. The average molecular weight is 266 g/mol. The molecular weight excluding hydrogens is 249 g/mol. The highest BCUT2D eigenvalue weighted by Gasteiger charge is 2.56. The largest absolute Gasteiger partial charge is 0.680 e. The summed E-state index contributed by atoms with van der Waals surface area (Å²) >= 11 is 0. The molecule has 0 amide bonds. The number of fused-ring (bicyclic) bond motifs is 3. The molecule has 2 aliphatic rings. The summed E-state index contributed by atoms with van der Waals surface area (Å²) in [6.45, 7) is 3.88. The molecule has 3 heterocycles. The second kappa shape index (κ2) is 4.25. The number of hydrogen-bond acceptors (Lipinski definition) is 3. The van der Waals surface area contributed by atoms with Gasteiger partial charge in [-0.05, 0) is 30.7 Å². The Balaban J connectivity index is 1.94. The van der Waals surface area contributed by atoms with E-state index in [1.807, 2.05) is 0 Å². The number of aromatic nitrogens is 1. The van der Waals surface area contributed by atoms with Crippen molar-refractivity contribution in [3.63, 3.8) is 0 Å². The van der Waals surface area contributed by atoms with Gasteiger partial charge in [-0.2, -0.15) is 0 Å². The van der Waals surface area contributed by atoms with Gasteiger partial charge >= 0.3 is 7.19 Å². The fourth-order valence-corrected chi connectivity index (χ4v) is 3.19. The third kappa shape index (κ3) is 1.50. The summed E-state index contributed by atoms with van der Waals surface area (Å²) in [4.78, 5) is 4.64. The second-order valence-electron chi connectivity index (χ2n) is 5.37. The minimum Gasteiger partial charge on any atom is -0.374 e. The third-order valence-corrected chi connectivity index (χ3v) is 4.13. The topological polar surface area (TPSA) is 19.6 Å². The number of nitrogens with zero attached hydrogens (tertiary/aromatic N) is 3. The van der Waals surface area contributed by atoms with Crippen molar-refractivity contribution in [1.29, 1.82) is 0 Å². The van der Waals surface area contributed by atoms with Crippen molar-refractivity contribution in [1.82, 2.24) is 0 Å². The number of anilines is 3. The van der Waals surface area contributed by atoms with Crippen molar-refractivity contribution in [2.24, 2.45) is 7.05 Å². The van der Waals surface area contributed by atoms with Gasteiger partial charge in [0, 0.05) is 6.54 Å². The van der Waals surface area contributed by atoms with E-state index >= 15 is 0 Å². The zero-order valence-electron chi connectivity index (χ0n) is 11.8. The van der Waals surface area contributed by atoms with Gasteiger partial charge < -0.3 is 9.47 Å². The number of para-hydroxylation sites is 1. The zero-order valence-corrected chi connectivity index (χ0v) is 11.8. The van der Waals surface area contributed by atoms with Crippen LogP contribution in [0, 0.1) is 6.92 Å². The summed E-state index contributed by atoms with van der Waals surface area (Å²) < 4.78 is 8.15. The van der Waals surface area contributed by atoms with Crippen LogP contribution in [0.3, 0.4) is 0 Å². The van der Waals surface area contributed by atoms with Crippen LogP contribution in [0.1, 0.15) is 5.56 Å². The fraction of sp³-hybridized carbons (Fsp3) is 0.267. The molecule has 1 aromatic carbocycles. The molecule has 20 heavy (non-hydrogen) atoms. The maximum Gasteiger partial charge on any atom is 0.680 e. The van der Waals surface area contributed by atoms with Gasteiger partial charge in [-0.3, -0.25) is 0 Å². The van der Waals surface area contributed by atoms with Crippen molar-refractivity contribution in [3.05, 3.63) is 48.2 Å². The first-order chi connectivity index (χ1) is 9.77. The van der Waals surface area contributed by atoms with Crippen LogP contribution in [0.4, 0.5) is 17.2 Å². The van der Waals surface area contributed by atoms with Crippen LogP contribution in [0.15, 0.2) is 42.6 Å². The Morgan fingerprint density at radius 2 is 1.95 bits per heavy atom. The van der Waals surface area contributed by atoms with Crippen molar-refractivity contribution >= 4 is 24.4 Å². The average Bonchev–Trinajstić information content (AvgIpc) is 3.01. The molecule has 0 unspecified atom stereocenters. The Labute approximate surface area is 119 Å². The number of aryl methyl sites for hydroxylation is 2. The summed E-state index contributed by atoms with van der Waals surface area (Å²) in [5.41, 5.74) is 3.73. The lowest BCUT2D eigenvalue weighted by Crippen LogP contribution is -2.45. The van der Waals surface area contributed by atoms with Gasteiger partial charge in [0.05, 0.1) is 19.9 Å². The first-order valence-electron chi connectivity index (χ1n) is 6.99. The second-order valence-corrected chi connectivity index (χ2v) is 5.37. The summed E-state index contributed by atoms with van der Waals surface area (Å²) in [6.07, 6.45) is 2.09. The predicted molar refractivity (Wildman–Crippen MR) is 80.0 cm³/mol. The molecule has 5 heteroatoms. The van der Waals surface area contributed by atoms with Gasteiger partial charge in [-0.25, -0.2) is 9.38 Å². The van der Waals surface area contributed by atoms with Crippen molar-refractivity contribution in [2.45, 2.75) is 6.92 Å². The van der Waals surface area contributed by atoms with Crippen molar-refractivity contribution < 1.29 is 9.22 Å². The quantitative estimate of drug-likeness (QED) is 0.579. The Morgan fingerprint density at radius 3 is 2.80 bits per heavy atom.